The van der Waals surface area contributed by atoms with Gasteiger partial charge < -0.3 is 18.5 Å². The zero-order chi connectivity index (χ0) is 18.1. The van der Waals surface area contributed by atoms with Crippen LogP contribution >= 0.6 is 0 Å². The molecule has 3 rings (SSSR count). The molecule has 3 aromatic rings. The third kappa shape index (κ3) is 3.26. The van der Waals surface area contributed by atoms with Crippen molar-refractivity contribution in [3.63, 3.8) is 0 Å². The van der Waals surface area contributed by atoms with Crippen molar-refractivity contribution in [2.45, 2.75) is 20.4 Å². The number of furan rings is 1. The van der Waals surface area contributed by atoms with E-state index >= 15 is 0 Å². The summed E-state index contributed by atoms with van der Waals surface area (Å²) >= 11 is 0. The van der Waals surface area contributed by atoms with Crippen molar-refractivity contribution in [3.05, 3.63) is 58.9 Å². The van der Waals surface area contributed by atoms with Crippen LogP contribution in [0.15, 0.2) is 35.0 Å². The fourth-order valence-corrected chi connectivity index (χ4v) is 2.62. The van der Waals surface area contributed by atoms with Gasteiger partial charge in [0.1, 0.15) is 28.4 Å². The van der Waals surface area contributed by atoms with Crippen LogP contribution in [-0.2, 0) is 11.3 Å². The Hall–Kier alpha value is -3.09. The summed E-state index contributed by atoms with van der Waals surface area (Å²) < 4.78 is 12.1. The SMILES string of the molecule is COC(=O)c1cc(CN(C)C(=O)c2cn3ccc(C)cc3n2)oc1C. The number of methoxy groups -OCH3 is 1. The third-order valence-corrected chi connectivity index (χ3v) is 3.95. The molecule has 0 bridgehead atoms. The molecule has 0 saturated carbocycles. The minimum Gasteiger partial charge on any atom is -0.465 e. The second-order valence-corrected chi connectivity index (χ2v) is 5.93. The summed E-state index contributed by atoms with van der Waals surface area (Å²) in [6.07, 6.45) is 3.56. The fraction of sp³-hybridized carbons (Fsp3) is 0.278. The lowest BCUT2D eigenvalue weighted by Gasteiger charge is -2.13. The molecule has 0 aromatic carbocycles. The Morgan fingerprint density at radius 3 is 2.80 bits per heavy atom. The molecule has 0 spiro atoms. The van der Waals surface area contributed by atoms with Gasteiger partial charge in [-0.05, 0) is 37.6 Å². The number of fused-ring (bicyclic) bond motifs is 1. The summed E-state index contributed by atoms with van der Waals surface area (Å²) in [4.78, 5) is 30.1. The Balaban J connectivity index is 1.79. The van der Waals surface area contributed by atoms with Crippen molar-refractivity contribution >= 4 is 17.5 Å². The molecule has 0 aliphatic heterocycles. The average Bonchev–Trinajstić information content (AvgIpc) is 3.16. The molecule has 130 valence electrons. The quantitative estimate of drug-likeness (QED) is 0.682. The van der Waals surface area contributed by atoms with E-state index in [-0.39, 0.29) is 12.5 Å². The number of hydrogen-bond acceptors (Lipinski definition) is 5. The van der Waals surface area contributed by atoms with E-state index in [1.165, 1.54) is 12.0 Å². The molecule has 0 fully saturated rings. The second-order valence-electron chi connectivity index (χ2n) is 5.93. The molecule has 1 amide bonds. The molecule has 7 nitrogen and oxygen atoms in total. The lowest BCUT2D eigenvalue weighted by Crippen LogP contribution is -2.26. The molecule has 7 heteroatoms. The second kappa shape index (κ2) is 6.43. The van der Waals surface area contributed by atoms with E-state index < -0.39 is 5.97 Å². The molecular formula is C18H19N3O4. The van der Waals surface area contributed by atoms with Crippen LogP contribution in [0.25, 0.3) is 5.65 Å². The number of aryl methyl sites for hydroxylation is 2. The van der Waals surface area contributed by atoms with Crippen LogP contribution in [0.3, 0.4) is 0 Å². The third-order valence-electron chi connectivity index (χ3n) is 3.95. The molecule has 3 heterocycles. The Labute approximate surface area is 144 Å². The maximum Gasteiger partial charge on any atom is 0.341 e. The van der Waals surface area contributed by atoms with Gasteiger partial charge in [0.2, 0.25) is 0 Å². The average molecular weight is 341 g/mol. The number of pyridine rings is 1. The standard InChI is InChI=1S/C18H19N3O4/c1-11-5-6-21-10-15(19-16(21)7-11)17(22)20(3)9-13-8-14(12(2)25-13)18(23)24-4/h5-8,10H,9H2,1-4H3. The van der Waals surface area contributed by atoms with Crippen molar-refractivity contribution < 1.29 is 18.7 Å². The summed E-state index contributed by atoms with van der Waals surface area (Å²) in [6.45, 7) is 3.88. The number of ether oxygens (including phenoxy) is 1. The predicted molar refractivity (Wildman–Crippen MR) is 90.5 cm³/mol. The highest BCUT2D eigenvalue weighted by atomic mass is 16.5. The van der Waals surface area contributed by atoms with E-state index in [0.29, 0.717) is 22.8 Å². The largest absolute Gasteiger partial charge is 0.465 e. The number of carbonyl (C=O) groups is 2. The van der Waals surface area contributed by atoms with Gasteiger partial charge in [-0.15, -0.1) is 0 Å². The smallest absolute Gasteiger partial charge is 0.341 e. The number of hydrogen-bond donors (Lipinski definition) is 0. The van der Waals surface area contributed by atoms with Crippen molar-refractivity contribution in [1.82, 2.24) is 14.3 Å². The number of imidazole rings is 1. The summed E-state index contributed by atoms with van der Waals surface area (Å²) in [7, 11) is 2.97. The summed E-state index contributed by atoms with van der Waals surface area (Å²) in [5, 5.41) is 0. The Bertz CT molecular complexity index is 955. The van der Waals surface area contributed by atoms with Gasteiger partial charge in [0.25, 0.3) is 5.91 Å². The molecular weight excluding hydrogens is 322 g/mol. The van der Waals surface area contributed by atoms with E-state index in [1.807, 2.05) is 25.3 Å². The number of nitrogens with zero attached hydrogens (tertiary/aromatic N) is 3. The number of esters is 1. The van der Waals surface area contributed by atoms with E-state index in [4.69, 9.17) is 9.15 Å². The first-order chi connectivity index (χ1) is 11.9. The number of amides is 1. The Morgan fingerprint density at radius 1 is 1.32 bits per heavy atom. The van der Waals surface area contributed by atoms with Crippen molar-refractivity contribution in [3.8, 4) is 0 Å². The molecule has 0 aliphatic rings. The zero-order valence-electron chi connectivity index (χ0n) is 14.6. The van der Waals surface area contributed by atoms with Crippen molar-refractivity contribution in [2.75, 3.05) is 14.2 Å². The van der Waals surface area contributed by atoms with Crippen molar-refractivity contribution in [2.24, 2.45) is 0 Å². The van der Waals surface area contributed by atoms with Gasteiger partial charge in [0, 0.05) is 19.4 Å². The molecule has 0 radical (unpaired) electrons. The van der Waals surface area contributed by atoms with Crippen LogP contribution in [0.2, 0.25) is 0 Å². The minimum absolute atomic E-state index is 0.226. The number of rotatable bonds is 4. The Morgan fingerprint density at radius 2 is 2.08 bits per heavy atom. The van der Waals surface area contributed by atoms with E-state index in [0.717, 1.165) is 11.2 Å². The van der Waals surface area contributed by atoms with Crippen molar-refractivity contribution in [1.29, 1.82) is 0 Å². The van der Waals surface area contributed by atoms with Crippen LogP contribution in [0.4, 0.5) is 0 Å². The molecule has 0 unspecified atom stereocenters. The molecule has 0 saturated heterocycles. The summed E-state index contributed by atoms with van der Waals surface area (Å²) in [5.74, 6) is 0.284. The zero-order valence-corrected chi connectivity index (χ0v) is 14.6. The van der Waals surface area contributed by atoms with Crippen LogP contribution in [-0.4, -0.2) is 40.3 Å². The van der Waals surface area contributed by atoms with Crippen LogP contribution in [0, 0.1) is 13.8 Å². The first-order valence-electron chi connectivity index (χ1n) is 7.77. The lowest BCUT2D eigenvalue weighted by molar-refractivity contribution is 0.0598. The van der Waals surface area contributed by atoms with Gasteiger partial charge in [-0.1, -0.05) is 0 Å². The molecule has 25 heavy (non-hydrogen) atoms. The highest BCUT2D eigenvalue weighted by molar-refractivity contribution is 5.93. The van der Waals surface area contributed by atoms with Gasteiger partial charge in [-0.2, -0.15) is 0 Å². The molecule has 0 atom stereocenters. The predicted octanol–water partition coefficient (Wildman–Crippen LogP) is 2.60. The first kappa shape index (κ1) is 16.8. The maximum atomic E-state index is 12.6. The van der Waals surface area contributed by atoms with Gasteiger partial charge in [-0.25, -0.2) is 9.78 Å². The van der Waals surface area contributed by atoms with Crippen LogP contribution in [0.1, 0.15) is 37.9 Å². The molecule has 0 N–H and O–H groups in total. The van der Waals surface area contributed by atoms with E-state index in [2.05, 4.69) is 4.98 Å². The molecule has 0 aliphatic carbocycles. The fourth-order valence-electron chi connectivity index (χ4n) is 2.62. The normalized spacial score (nSPS) is 10.9. The van der Waals surface area contributed by atoms with Crippen LogP contribution in [0.5, 0.6) is 0 Å². The number of carbonyl (C=O) groups excluding carboxylic acids is 2. The lowest BCUT2D eigenvalue weighted by atomic mass is 10.2. The summed E-state index contributed by atoms with van der Waals surface area (Å²) in [5.41, 5.74) is 2.51. The summed E-state index contributed by atoms with van der Waals surface area (Å²) in [6, 6.07) is 5.46. The van der Waals surface area contributed by atoms with E-state index in [1.54, 1.807) is 30.6 Å². The van der Waals surface area contributed by atoms with Gasteiger partial charge in [-0.3, -0.25) is 4.79 Å². The minimum atomic E-state index is -0.461. The van der Waals surface area contributed by atoms with Gasteiger partial charge in [0.15, 0.2) is 0 Å². The highest BCUT2D eigenvalue weighted by Gasteiger charge is 2.20. The van der Waals surface area contributed by atoms with E-state index in [9.17, 15) is 9.59 Å². The van der Waals surface area contributed by atoms with Gasteiger partial charge >= 0.3 is 5.97 Å². The highest BCUT2D eigenvalue weighted by Crippen LogP contribution is 2.18. The molecule has 3 aromatic heterocycles. The number of aromatic nitrogens is 2. The van der Waals surface area contributed by atoms with Crippen LogP contribution < -0.4 is 0 Å². The maximum absolute atomic E-state index is 12.6. The topological polar surface area (TPSA) is 77.0 Å². The first-order valence-corrected chi connectivity index (χ1v) is 7.77. The monoisotopic (exact) mass is 341 g/mol. The van der Waals surface area contributed by atoms with Gasteiger partial charge in [0.05, 0.1) is 13.7 Å². The Kier molecular flexibility index (Phi) is 4.31.